The summed E-state index contributed by atoms with van der Waals surface area (Å²) >= 11 is 0. The van der Waals surface area contributed by atoms with Crippen LogP contribution in [0, 0.1) is 0 Å². The van der Waals surface area contributed by atoms with E-state index in [0.717, 1.165) is 6.07 Å². The van der Waals surface area contributed by atoms with Gasteiger partial charge in [0, 0.05) is 17.7 Å². The Kier molecular flexibility index (Phi) is 5.56. The summed E-state index contributed by atoms with van der Waals surface area (Å²) in [5.41, 5.74) is -0.404. The molecule has 164 valence electrons. The first-order valence-electron chi connectivity index (χ1n) is 9.37. The summed E-state index contributed by atoms with van der Waals surface area (Å²) in [5.74, 6) is -1.49. The van der Waals surface area contributed by atoms with E-state index in [2.05, 4.69) is 0 Å². The Bertz CT molecular complexity index is 1140. The number of benzene rings is 2. The van der Waals surface area contributed by atoms with Crippen LogP contribution in [0.15, 0.2) is 51.7 Å². The normalized spacial score (nSPS) is 26.1. The van der Waals surface area contributed by atoms with Crippen molar-refractivity contribution in [1.29, 1.82) is 0 Å². The molecule has 0 spiro atoms. The van der Waals surface area contributed by atoms with Gasteiger partial charge < -0.3 is 44.5 Å². The van der Waals surface area contributed by atoms with E-state index in [1.54, 1.807) is 30.3 Å². The highest BCUT2D eigenvalue weighted by molar-refractivity contribution is 5.91. The standard InChI is InChI=1S/C21H20O10/c22-8-14-16(25)18(27)19(28)21(31-14)30-13-7-11(24)15-10(23)6-12(29-20(15)17(13)26)9-4-2-1-3-5-9/h1-7,14,16,18-19,21-22,24-28H,8H2/t14?,16-,18-,19?,21+/m0/s1. The Morgan fingerprint density at radius 1 is 0.968 bits per heavy atom. The van der Waals surface area contributed by atoms with Crippen LogP contribution < -0.4 is 10.2 Å². The van der Waals surface area contributed by atoms with Crippen molar-refractivity contribution in [2.75, 3.05) is 6.61 Å². The third-order valence-electron chi connectivity index (χ3n) is 5.07. The fourth-order valence-electron chi connectivity index (χ4n) is 3.40. The second-order valence-electron chi connectivity index (χ2n) is 7.10. The first-order chi connectivity index (χ1) is 14.8. The SMILES string of the molecule is O=c1cc(-c2ccccc2)oc2c(O)c(O[C@@H]3OC(CO)[C@H](O)[C@H](O)C3O)cc(O)c12. The van der Waals surface area contributed by atoms with Gasteiger partial charge in [-0.2, -0.15) is 0 Å². The molecule has 2 heterocycles. The minimum absolute atomic E-state index is 0.137. The van der Waals surface area contributed by atoms with Gasteiger partial charge in [-0.1, -0.05) is 30.3 Å². The van der Waals surface area contributed by atoms with Crippen LogP contribution in [0.2, 0.25) is 0 Å². The maximum atomic E-state index is 12.5. The summed E-state index contributed by atoms with van der Waals surface area (Å²) in [5, 5.41) is 59.9. The van der Waals surface area contributed by atoms with E-state index in [1.807, 2.05) is 0 Å². The highest BCUT2D eigenvalue weighted by atomic mass is 16.7. The lowest BCUT2D eigenvalue weighted by molar-refractivity contribution is -0.277. The number of ether oxygens (including phenoxy) is 2. The van der Waals surface area contributed by atoms with Crippen molar-refractivity contribution < 1.29 is 44.5 Å². The molecule has 31 heavy (non-hydrogen) atoms. The average molecular weight is 432 g/mol. The fraction of sp³-hybridized carbons (Fsp3) is 0.286. The highest BCUT2D eigenvalue weighted by Crippen LogP contribution is 2.41. The summed E-state index contributed by atoms with van der Waals surface area (Å²) in [6, 6.07) is 10.7. The number of phenols is 2. The number of hydrogen-bond donors (Lipinski definition) is 6. The van der Waals surface area contributed by atoms with Gasteiger partial charge >= 0.3 is 0 Å². The number of phenolic OH excluding ortho intramolecular Hbond substituents is 2. The zero-order valence-corrected chi connectivity index (χ0v) is 16.0. The third kappa shape index (κ3) is 3.71. The van der Waals surface area contributed by atoms with Crippen molar-refractivity contribution in [1.82, 2.24) is 0 Å². The van der Waals surface area contributed by atoms with E-state index in [-0.39, 0.29) is 16.7 Å². The van der Waals surface area contributed by atoms with Gasteiger partial charge in [-0.25, -0.2) is 0 Å². The van der Waals surface area contributed by atoms with Crippen LogP contribution in [-0.2, 0) is 4.74 Å². The molecular weight excluding hydrogens is 412 g/mol. The topological polar surface area (TPSA) is 170 Å². The maximum absolute atomic E-state index is 12.5. The van der Waals surface area contributed by atoms with E-state index in [0.29, 0.717) is 5.56 Å². The van der Waals surface area contributed by atoms with Crippen LogP contribution in [0.25, 0.3) is 22.3 Å². The lowest BCUT2D eigenvalue weighted by Gasteiger charge is -2.39. The van der Waals surface area contributed by atoms with Crippen molar-refractivity contribution in [3.8, 4) is 28.6 Å². The molecule has 2 aromatic carbocycles. The summed E-state index contributed by atoms with van der Waals surface area (Å²) in [4.78, 5) is 12.5. The van der Waals surface area contributed by atoms with Gasteiger partial charge in [0.25, 0.3) is 0 Å². The lowest BCUT2D eigenvalue weighted by atomic mass is 9.99. The monoisotopic (exact) mass is 432 g/mol. The number of aromatic hydroxyl groups is 2. The number of aliphatic hydroxyl groups excluding tert-OH is 4. The number of fused-ring (bicyclic) bond motifs is 1. The van der Waals surface area contributed by atoms with Crippen molar-refractivity contribution >= 4 is 11.0 Å². The Morgan fingerprint density at radius 2 is 1.68 bits per heavy atom. The Morgan fingerprint density at radius 3 is 2.35 bits per heavy atom. The Hall–Kier alpha value is -3.15. The second-order valence-corrected chi connectivity index (χ2v) is 7.10. The number of aliphatic hydroxyl groups is 4. The quantitative estimate of drug-likeness (QED) is 0.310. The summed E-state index contributed by atoms with van der Waals surface area (Å²) in [6.07, 6.45) is -7.87. The molecule has 0 amide bonds. The molecule has 0 bridgehead atoms. The molecule has 10 heteroatoms. The Labute approximate surface area is 174 Å². The number of hydrogen-bond acceptors (Lipinski definition) is 10. The molecule has 0 radical (unpaired) electrons. The van der Waals surface area contributed by atoms with Gasteiger partial charge in [-0.15, -0.1) is 0 Å². The fourth-order valence-corrected chi connectivity index (χ4v) is 3.40. The highest BCUT2D eigenvalue weighted by Gasteiger charge is 2.45. The van der Waals surface area contributed by atoms with Gasteiger partial charge in [0.2, 0.25) is 12.0 Å². The van der Waals surface area contributed by atoms with Crippen LogP contribution in [0.1, 0.15) is 0 Å². The van der Waals surface area contributed by atoms with Gasteiger partial charge in [0.1, 0.15) is 41.3 Å². The minimum atomic E-state index is -1.74. The second kappa shape index (κ2) is 8.17. The minimum Gasteiger partial charge on any atom is -0.507 e. The molecule has 10 nitrogen and oxygen atoms in total. The predicted molar refractivity (Wildman–Crippen MR) is 106 cm³/mol. The van der Waals surface area contributed by atoms with E-state index in [1.165, 1.54) is 6.07 Å². The molecular formula is C21H20O10. The molecule has 4 rings (SSSR count). The molecule has 1 fully saturated rings. The van der Waals surface area contributed by atoms with Crippen LogP contribution in [-0.4, -0.2) is 68.0 Å². The smallest absolute Gasteiger partial charge is 0.229 e. The van der Waals surface area contributed by atoms with Gasteiger partial charge in [-0.05, 0) is 0 Å². The van der Waals surface area contributed by atoms with Crippen molar-refractivity contribution in [3.63, 3.8) is 0 Å². The predicted octanol–water partition coefficient (Wildman–Crippen LogP) is 0.0499. The number of rotatable bonds is 4. The molecule has 1 aliphatic rings. The van der Waals surface area contributed by atoms with Crippen LogP contribution in [0.3, 0.4) is 0 Å². The van der Waals surface area contributed by atoms with Crippen LogP contribution >= 0.6 is 0 Å². The van der Waals surface area contributed by atoms with E-state index < -0.39 is 60.0 Å². The first kappa shape index (κ1) is 21.1. The van der Waals surface area contributed by atoms with Gasteiger partial charge in [0.15, 0.2) is 16.8 Å². The van der Waals surface area contributed by atoms with E-state index in [4.69, 9.17) is 13.9 Å². The van der Waals surface area contributed by atoms with Gasteiger partial charge in [-0.3, -0.25) is 4.79 Å². The van der Waals surface area contributed by atoms with Gasteiger partial charge in [0.05, 0.1) is 6.61 Å². The largest absolute Gasteiger partial charge is 0.507 e. The first-order valence-corrected chi connectivity index (χ1v) is 9.37. The van der Waals surface area contributed by atoms with E-state index >= 15 is 0 Å². The Balaban J connectivity index is 1.77. The average Bonchev–Trinajstić information content (AvgIpc) is 2.77. The molecule has 6 N–H and O–H groups in total. The van der Waals surface area contributed by atoms with Crippen molar-refractivity contribution in [2.24, 2.45) is 0 Å². The zero-order chi connectivity index (χ0) is 22.3. The summed E-state index contributed by atoms with van der Waals surface area (Å²) in [7, 11) is 0. The van der Waals surface area contributed by atoms with Crippen molar-refractivity contribution in [3.05, 3.63) is 52.7 Å². The summed E-state index contributed by atoms with van der Waals surface area (Å²) in [6.45, 7) is -0.672. The molecule has 3 aromatic rings. The molecule has 0 aliphatic carbocycles. The molecule has 0 saturated carbocycles. The van der Waals surface area contributed by atoms with Crippen LogP contribution in [0.5, 0.6) is 17.2 Å². The van der Waals surface area contributed by atoms with Crippen LogP contribution in [0.4, 0.5) is 0 Å². The molecule has 1 saturated heterocycles. The lowest BCUT2D eigenvalue weighted by Crippen LogP contribution is -2.60. The van der Waals surface area contributed by atoms with Crippen molar-refractivity contribution in [2.45, 2.75) is 30.7 Å². The third-order valence-corrected chi connectivity index (χ3v) is 5.07. The zero-order valence-electron chi connectivity index (χ0n) is 16.0. The molecule has 1 aliphatic heterocycles. The molecule has 1 aromatic heterocycles. The maximum Gasteiger partial charge on any atom is 0.229 e. The van der Waals surface area contributed by atoms with E-state index in [9.17, 15) is 35.4 Å². The molecule has 5 atom stereocenters. The molecule has 2 unspecified atom stereocenters. The summed E-state index contributed by atoms with van der Waals surface area (Å²) < 4.78 is 16.3.